The van der Waals surface area contributed by atoms with Gasteiger partial charge in [-0.05, 0) is 27.6 Å². The second-order valence-corrected chi connectivity index (χ2v) is 10.6. The molecule has 1 heterocycles. The molecule has 0 amide bonds. The lowest BCUT2D eigenvalue weighted by molar-refractivity contribution is 0.584. The summed E-state index contributed by atoms with van der Waals surface area (Å²) in [5.74, 6) is 1.33. The molecule has 0 saturated heterocycles. The SMILES string of the molecule is O=S(=O)(NCCSCc1ccccc1Cl)c1c(Cl)sc(Cl)c1Br. The van der Waals surface area contributed by atoms with E-state index in [9.17, 15) is 8.42 Å². The molecular weight excluding hydrogens is 485 g/mol. The zero-order valence-corrected chi connectivity index (χ0v) is 17.8. The van der Waals surface area contributed by atoms with E-state index in [0.717, 1.165) is 22.7 Å². The van der Waals surface area contributed by atoms with Crippen molar-refractivity contribution in [2.24, 2.45) is 0 Å². The van der Waals surface area contributed by atoms with E-state index in [4.69, 9.17) is 34.8 Å². The topological polar surface area (TPSA) is 46.2 Å². The minimum Gasteiger partial charge on any atom is -0.210 e. The van der Waals surface area contributed by atoms with Crippen molar-refractivity contribution in [1.29, 1.82) is 0 Å². The first-order chi connectivity index (χ1) is 10.8. The molecule has 1 aromatic carbocycles. The first-order valence-corrected chi connectivity index (χ1v) is 11.6. The summed E-state index contributed by atoms with van der Waals surface area (Å²) in [6.07, 6.45) is 0. The molecule has 0 atom stereocenters. The lowest BCUT2D eigenvalue weighted by Gasteiger charge is -2.07. The Morgan fingerprint density at radius 3 is 2.48 bits per heavy atom. The minimum atomic E-state index is -3.70. The Labute approximate surface area is 166 Å². The van der Waals surface area contributed by atoms with Crippen LogP contribution in [0.2, 0.25) is 13.7 Å². The molecule has 0 bridgehead atoms. The van der Waals surface area contributed by atoms with Gasteiger partial charge in [-0.3, -0.25) is 0 Å². The van der Waals surface area contributed by atoms with Crippen molar-refractivity contribution in [3.8, 4) is 0 Å². The van der Waals surface area contributed by atoms with Gasteiger partial charge in [-0.15, -0.1) is 11.3 Å². The number of rotatable bonds is 7. The number of nitrogens with one attached hydrogen (secondary N) is 1. The summed E-state index contributed by atoms with van der Waals surface area (Å²) in [6, 6.07) is 7.58. The molecule has 2 aromatic rings. The Bertz CT molecular complexity index is 796. The fourth-order valence-corrected chi connectivity index (χ4v) is 7.54. The first-order valence-electron chi connectivity index (χ1n) is 6.27. The third-order valence-corrected chi connectivity index (χ3v) is 9.05. The van der Waals surface area contributed by atoms with Crippen LogP contribution in [0.4, 0.5) is 0 Å². The largest absolute Gasteiger partial charge is 0.244 e. The third-order valence-electron chi connectivity index (χ3n) is 2.75. The maximum Gasteiger partial charge on any atom is 0.244 e. The van der Waals surface area contributed by atoms with Crippen molar-refractivity contribution in [3.05, 3.63) is 48.0 Å². The highest BCUT2D eigenvalue weighted by Crippen LogP contribution is 2.42. The van der Waals surface area contributed by atoms with E-state index in [1.165, 1.54) is 0 Å². The predicted octanol–water partition coefficient (Wildman–Crippen LogP) is 5.68. The highest BCUT2D eigenvalue weighted by molar-refractivity contribution is 9.10. The van der Waals surface area contributed by atoms with Gasteiger partial charge in [0.2, 0.25) is 10.0 Å². The molecule has 0 aliphatic carbocycles. The van der Waals surface area contributed by atoms with Gasteiger partial charge in [-0.25, -0.2) is 13.1 Å². The number of halogens is 4. The maximum atomic E-state index is 12.3. The molecule has 1 N–H and O–H groups in total. The molecule has 0 spiro atoms. The molecule has 0 aliphatic heterocycles. The van der Waals surface area contributed by atoms with Crippen LogP contribution >= 0.6 is 73.8 Å². The van der Waals surface area contributed by atoms with Crippen molar-refractivity contribution >= 4 is 83.9 Å². The van der Waals surface area contributed by atoms with E-state index in [1.54, 1.807) is 11.8 Å². The van der Waals surface area contributed by atoms with Crippen LogP contribution in [-0.2, 0) is 15.8 Å². The van der Waals surface area contributed by atoms with Crippen molar-refractivity contribution in [1.82, 2.24) is 4.72 Å². The summed E-state index contributed by atoms with van der Waals surface area (Å²) in [4.78, 5) is -0.00901. The Morgan fingerprint density at radius 1 is 1.17 bits per heavy atom. The molecule has 2 rings (SSSR count). The summed E-state index contributed by atoms with van der Waals surface area (Å²) in [5, 5.41) is 0.712. The van der Waals surface area contributed by atoms with Gasteiger partial charge in [0.25, 0.3) is 0 Å². The number of thioether (sulfide) groups is 1. The average molecular weight is 496 g/mol. The predicted molar refractivity (Wildman–Crippen MR) is 105 cm³/mol. The van der Waals surface area contributed by atoms with Gasteiger partial charge in [0.15, 0.2) is 0 Å². The molecule has 0 aliphatic rings. The Balaban J connectivity index is 1.87. The second-order valence-electron chi connectivity index (χ2n) is 4.33. The van der Waals surface area contributed by atoms with E-state index in [-0.39, 0.29) is 15.8 Å². The molecule has 0 radical (unpaired) electrons. The molecule has 3 nitrogen and oxygen atoms in total. The van der Waals surface area contributed by atoms with E-state index >= 15 is 0 Å². The number of sulfonamides is 1. The Hall–Kier alpha value is 0.530. The van der Waals surface area contributed by atoms with Gasteiger partial charge in [0.05, 0.1) is 4.47 Å². The van der Waals surface area contributed by atoms with Gasteiger partial charge < -0.3 is 0 Å². The van der Waals surface area contributed by atoms with Crippen molar-refractivity contribution in [2.45, 2.75) is 10.6 Å². The van der Waals surface area contributed by atoms with Crippen LogP contribution in [0.15, 0.2) is 33.6 Å². The van der Waals surface area contributed by atoms with Crippen LogP contribution in [0.1, 0.15) is 5.56 Å². The molecule has 1 aromatic heterocycles. The van der Waals surface area contributed by atoms with Gasteiger partial charge in [0.1, 0.15) is 13.6 Å². The molecule has 10 heteroatoms. The molecule has 0 saturated carbocycles. The van der Waals surface area contributed by atoms with Gasteiger partial charge in [0, 0.05) is 23.1 Å². The lowest BCUT2D eigenvalue weighted by atomic mass is 10.2. The van der Waals surface area contributed by atoms with E-state index in [1.807, 2.05) is 24.3 Å². The quantitative estimate of drug-likeness (QED) is 0.503. The summed E-state index contributed by atoms with van der Waals surface area (Å²) >= 11 is 23.6. The van der Waals surface area contributed by atoms with E-state index in [2.05, 4.69) is 20.7 Å². The van der Waals surface area contributed by atoms with Crippen molar-refractivity contribution in [2.75, 3.05) is 12.3 Å². The smallest absolute Gasteiger partial charge is 0.210 e. The van der Waals surface area contributed by atoms with Crippen molar-refractivity contribution < 1.29 is 8.42 Å². The Morgan fingerprint density at radius 2 is 1.87 bits per heavy atom. The fraction of sp³-hybridized carbons (Fsp3) is 0.231. The zero-order valence-electron chi connectivity index (χ0n) is 11.5. The van der Waals surface area contributed by atoms with Crippen molar-refractivity contribution in [3.63, 3.8) is 0 Å². The molecule has 0 fully saturated rings. The summed E-state index contributed by atoms with van der Waals surface area (Å²) in [5.41, 5.74) is 1.03. The second kappa shape index (κ2) is 8.76. The third kappa shape index (κ3) is 5.25. The summed E-state index contributed by atoms with van der Waals surface area (Å²) < 4.78 is 27.8. The number of benzene rings is 1. The minimum absolute atomic E-state index is 0.00901. The van der Waals surface area contributed by atoms with Crippen LogP contribution in [0.25, 0.3) is 0 Å². The molecule has 23 heavy (non-hydrogen) atoms. The average Bonchev–Trinajstić information content (AvgIpc) is 2.74. The van der Waals surface area contributed by atoms with Gasteiger partial charge >= 0.3 is 0 Å². The Kier molecular flexibility index (Phi) is 7.56. The normalized spacial score (nSPS) is 11.8. The molecule has 126 valence electrons. The maximum absolute atomic E-state index is 12.3. The van der Waals surface area contributed by atoms with Crippen LogP contribution in [0.3, 0.4) is 0 Å². The zero-order chi connectivity index (χ0) is 17.0. The molecule has 0 unspecified atom stereocenters. The van der Waals surface area contributed by atoms with Crippen LogP contribution in [0, 0.1) is 0 Å². The highest BCUT2D eigenvalue weighted by Gasteiger charge is 2.25. The van der Waals surface area contributed by atoms with Crippen LogP contribution in [0.5, 0.6) is 0 Å². The number of hydrogen-bond acceptors (Lipinski definition) is 4. The molecular formula is C13H11BrCl3NO2S3. The number of thiophene rings is 1. The van der Waals surface area contributed by atoms with Crippen LogP contribution in [-0.4, -0.2) is 20.7 Å². The van der Waals surface area contributed by atoms with Gasteiger partial charge in [-0.2, -0.15) is 11.8 Å². The van der Waals surface area contributed by atoms with Gasteiger partial charge in [-0.1, -0.05) is 53.0 Å². The monoisotopic (exact) mass is 493 g/mol. The first kappa shape index (κ1) is 19.8. The summed E-state index contributed by atoms with van der Waals surface area (Å²) in [6.45, 7) is 0.285. The van der Waals surface area contributed by atoms with Crippen LogP contribution < -0.4 is 4.72 Å². The highest BCUT2D eigenvalue weighted by atomic mass is 79.9. The standard InChI is InChI=1S/C13H11BrCl3NO2S3/c14-10-11(13(17)22-12(10)16)23(19,20)18-5-6-21-7-8-3-1-2-4-9(8)15/h1-4,18H,5-7H2. The lowest BCUT2D eigenvalue weighted by Crippen LogP contribution is -2.26. The number of hydrogen-bond donors (Lipinski definition) is 1. The van der Waals surface area contributed by atoms with E-state index < -0.39 is 10.0 Å². The van der Waals surface area contributed by atoms with E-state index in [0.29, 0.717) is 19.6 Å². The fourth-order valence-electron chi connectivity index (χ4n) is 1.69. The summed E-state index contributed by atoms with van der Waals surface area (Å²) in [7, 11) is -3.70.